The summed E-state index contributed by atoms with van der Waals surface area (Å²) in [6.45, 7) is 9.84. The number of hydrogen-bond acceptors (Lipinski definition) is 5. The molecule has 1 unspecified atom stereocenters. The topological polar surface area (TPSA) is 43.2 Å². The Balaban J connectivity index is 1.54. The lowest BCUT2D eigenvalue weighted by molar-refractivity contribution is 0.102. The summed E-state index contributed by atoms with van der Waals surface area (Å²) in [6.07, 6.45) is 4.81. The number of aromatic nitrogens is 3. The number of nitrogens with zero attached hydrogens (tertiary/aromatic N) is 4. The van der Waals surface area contributed by atoms with Crippen molar-refractivity contribution in [1.82, 2.24) is 19.7 Å². The number of ether oxygens (including phenoxy) is 1. The molecular formula is C18H26N4OS. The van der Waals surface area contributed by atoms with Gasteiger partial charge in [-0.2, -0.15) is 5.10 Å². The summed E-state index contributed by atoms with van der Waals surface area (Å²) >= 11 is 1.76. The van der Waals surface area contributed by atoms with Crippen LogP contribution in [0, 0.1) is 12.8 Å². The van der Waals surface area contributed by atoms with E-state index in [1.54, 1.807) is 11.3 Å². The molecule has 0 radical (unpaired) electrons. The molecule has 1 aliphatic carbocycles. The van der Waals surface area contributed by atoms with Gasteiger partial charge in [0.05, 0.1) is 24.0 Å². The minimum absolute atomic E-state index is 0.420. The fraction of sp³-hybridized carbons (Fsp3) is 0.667. The highest BCUT2D eigenvalue weighted by molar-refractivity contribution is 7.09. The van der Waals surface area contributed by atoms with Gasteiger partial charge in [0, 0.05) is 54.8 Å². The van der Waals surface area contributed by atoms with Crippen molar-refractivity contribution in [2.24, 2.45) is 5.92 Å². The second-order valence-electron chi connectivity index (χ2n) is 7.07. The Morgan fingerprint density at radius 2 is 2.25 bits per heavy atom. The predicted molar refractivity (Wildman–Crippen MR) is 95.2 cm³/mol. The molecule has 5 nitrogen and oxygen atoms in total. The standard InChI is InChI=1S/C18H26N4OS/c1-3-23-11-16-9-21(10-17-13(2)19-12-24-17)8-15-6-20-22(18(15)16)7-14-4-5-14/h6,12,14,16H,3-5,7-11H2,1-2H3. The Kier molecular flexibility index (Phi) is 4.70. The lowest BCUT2D eigenvalue weighted by Gasteiger charge is -2.33. The van der Waals surface area contributed by atoms with Gasteiger partial charge in [0.15, 0.2) is 0 Å². The van der Waals surface area contributed by atoms with E-state index in [1.165, 1.54) is 29.0 Å². The summed E-state index contributed by atoms with van der Waals surface area (Å²) < 4.78 is 8.07. The maximum atomic E-state index is 5.80. The molecule has 0 spiro atoms. The monoisotopic (exact) mass is 346 g/mol. The lowest BCUT2D eigenvalue weighted by atomic mass is 9.96. The van der Waals surface area contributed by atoms with Gasteiger partial charge in [0.2, 0.25) is 0 Å². The van der Waals surface area contributed by atoms with Crippen LogP contribution in [0.25, 0.3) is 0 Å². The van der Waals surface area contributed by atoms with Crippen molar-refractivity contribution in [2.75, 3.05) is 19.8 Å². The Morgan fingerprint density at radius 3 is 2.96 bits per heavy atom. The molecule has 0 saturated heterocycles. The highest BCUT2D eigenvalue weighted by atomic mass is 32.1. The average Bonchev–Trinajstić information content (AvgIpc) is 3.17. The van der Waals surface area contributed by atoms with Crippen molar-refractivity contribution in [3.63, 3.8) is 0 Å². The largest absolute Gasteiger partial charge is 0.381 e. The van der Waals surface area contributed by atoms with Crippen LogP contribution >= 0.6 is 11.3 Å². The van der Waals surface area contributed by atoms with Gasteiger partial charge in [-0.1, -0.05) is 0 Å². The Bertz CT molecular complexity index is 691. The molecule has 24 heavy (non-hydrogen) atoms. The summed E-state index contributed by atoms with van der Waals surface area (Å²) in [4.78, 5) is 8.29. The van der Waals surface area contributed by atoms with Crippen LogP contribution in [0.15, 0.2) is 11.7 Å². The quantitative estimate of drug-likeness (QED) is 0.772. The fourth-order valence-corrected chi connectivity index (χ4v) is 4.43. The highest BCUT2D eigenvalue weighted by Crippen LogP contribution is 2.35. The van der Waals surface area contributed by atoms with Crippen LogP contribution in [-0.4, -0.2) is 39.4 Å². The smallest absolute Gasteiger partial charge is 0.0798 e. The molecule has 130 valence electrons. The molecule has 1 fully saturated rings. The normalized spacial score (nSPS) is 21.2. The van der Waals surface area contributed by atoms with Gasteiger partial charge in [-0.25, -0.2) is 4.98 Å². The van der Waals surface area contributed by atoms with Gasteiger partial charge >= 0.3 is 0 Å². The molecule has 6 heteroatoms. The summed E-state index contributed by atoms with van der Waals surface area (Å²) in [5.74, 6) is 1.27. The number of aryl methyl sites for hydroxylation is 1. The van der Waals surface area contributed by atoms with E-state index in [0.29, 0.717) is 5.92 Å². The molecule has 4 rings (SSSR count). The van der Waals surface area contributed by atoms with E-state index in [4.69, 9.17) is 9.84 Å². The summed E-state index contributed by atoms with van der Waals surface area (Å²) in [6, 6.07) is 0. The molecule has 2 aromatic heterocycles. The number of thiazole rings is 1. The molecule has 0 amide bonds. The first kappa shape index (κ1) is 16.2. The van der Waals surface area contributed by atoms with Gasteiger partial charge in [0.1, 0.15) is 0 Å². The van der Waals surface area contributed by atoms with Crippen LogP contribution < -0.4 is 0 Å². The van der Waals surface area contributed by atoms with E-state index < -0.39 is 0 Å². The third-order valence-corrected chi connectivity index (χ3v) is 6.00. The number of rotatable bonds is 7. The lowest BCUT2D eigenvalue weighted by Crippen LogP contribution is -2.36. The first-order valence-electron chi connectivity index (χ1n) is 8.98. The zero-order valence-corrected chi connectivity index (χ0v) is 15.4. The molecule has 1 aliphatic heterocycles. The van der Waals surface area contributed by atoms with E-state index in [1.807, 2.05) is 5.51 Å². The van der Waals surface area contributed by atoms with E-state index in [-0.39, 0.29) is 0 Å². The molecule has 0 N–H and O–H groups in total. The molecule has 1 atom stereocenters. The minimum atomic E-state index is 0.420. The van der Waals surface area contributed by atoms with Gasteiger partial charge in [0.25, 0.3) is 0 Å². The number of hydrogen-bond donors (Lipinski definition) is 0. The van der Waals surface area contributed by atoms with E-state index in [9.17, 15) is 0 Å². The maximum absolute atomic E-state index is 5.80. The van der Waals surface area contributed by atoms with Crippen LogP contribution in [0.2, 0.25) is 0 Å². The highest BCUT2D eigenvalue weighted by Gasteiger charge is 2.32. The van der Waals surface area contributed by atoms with Gasteiger partial charge < -0.3 is 4.74 Å². The van der Waals surface area contributed by atoms with Crippen LogP contribution in [0.4, 0.5) is 0 Å². The zero-order chi connectivity index (χ0) is 16.5. The van der Waals surface area contributed by atoms with Crippen LogP contribution in [-0.2, 0) is 24.4 Å². The Hall–Kier alpha value is -1.24. The number of fused-ring (bicyclic) bond motifs is 1. The summed E-state index contributed by atoms with van der Waals surface area (Å²) in [5.41, 5.74) is 5.92. The molecular weight excluding hydrogens is 320 g/mol. The second kappa shape index (κ2) is 6.94. The minimum Gasteiger partial charge on any atom is -0.381 e. The third kappa shape index (κ3) is 3.41. The molecule has 1 saturated carbocycles. The zero-order valence-electron chi connectivity index (χ0n) is 14.6. The SMILES string of the molecule is CCOCC1CN(Cc2scnc2C)Cc2cnn(CC3CC3)c21. The van der Waals surface area contributed by atoms with Crippen LogP contribution in [0.5, 0.6) is 0 Å². The van der Waals surface area contributed by atoms with Crippen molar-refractivity contribution >= 4 is 11.3 Å². The van der Waals surface area contributed by atoms with Crippen molar-refractivity contribution < 1.29 is 4.74 Å². The van der Waals surface area contributed by atoms with Crippen molar-refractivity contribution in [3.05, 3.63) is 33.5 Å². The first-order valence-corrected chi connectivity index (χ1v) is 9.86. The van der Waals surface area contributed by atoms with Gasteiger partial charge in [-0.05, 0) is 32.6 Å². The second-order valence-corrected chi connectivity index (χ2v) is 8.01. The molecule has 2 aromatic rings. The maximum Gasteiger partial charge on any atom is 0.0798 e. The molecule has 0 aromatic carbocycles. The van der Waals surface area contributed by atoms with Crippen molar-refractivity contribution in [1.29, 1.82) is 0 Å². The van der Waals surface area contributed by atoms with E-state index in [0.717, 1.165) is 51.0 Å². The summed E-state index contributed by atoms with van der Waals surface area (Å²) in [7, 11) is 0. The fourth-order valence-electron chi connectivity index (χ4n) is 3.62. The summed E-state index contributed by atoms with van der Waals surface area (Å²) in [5, 5.41) is 4.71. The van der Waals surface area contributed by atoms with Crippen LogP contribution in [0.1, 0.15) is 47.5 Å². The Labute approximate surface area is 147 Å². The molecule has 0 bridgehead atoms. The van der Waals surface area contributed by atoms with Crippen LogP contribution in [0.3, 0.4) is 0 Å². The van der Waals surface area contributed by atoms with Gasteiger partial charge in [-0.15, -0.1) is 11.3 Å². The predicted octanol–water partition coefficient (Wildman–Crippen LogP) is 3.19. The Morgan fingerprint density at radius 1 is 1.38 bits per heavy atom. The third-order valence-electron chi connectivity index (χ3n) is 5.08. The van der Waals surface area contributed by atoms with Crippen molar-refractivity contribution in [2.45, 2.75) is 52.2 Å². The molecule has 2 aliphatic rings. The molecule has 3 heterocycles. The average molecular weight is 347 g/mol. The first-order chi connectivity index (χ1) is 11.7. The van der Waals surface area contributed by atoms with E-state index in [2.05, 4.69) is 34.6 Å². The van der Waals surface area contributed by atoms with Crippen molar-refractivity contribution in [3.8, 4) is 0 Å². The van der Waals surface area contributed by atoms with Gasteiger partial charge in [-0.3, -0.25) is 9.58 Å². The van der Waals surface area contributed by atoms with E-state index >= 15 is 0 Å².